The summed E-state index contributed by atoms with van der Waals surface area (Å²) in [6, 6.07) is 5.92. The van der Waals surface area contributed by atoms with Gasteiger partial charge in [0.2, 0.25) is 0 Å². The molecule has 1 aromatic carbocycles. The lowest BCUT2D eigenvalue weighted by Crippen LogP contribution is -2.07. The molecule has 0 radical (unpaired) electrons. The summed E-state index contributed by atoms with van der Waals surface area (Å²) < 4.78 is 5.27. The van der Waals surface area contributed by atoms with Gasteiger partial charge >= 0.3 is 5.97 Å². The highest BCUT2D eigenvalue weighted by Gasteiger charge is 2.34. The molecule has 0 spiro atoms. The molecule has 0 fully saturated rings. The lowest BCUT2D eigenvalue weighted by atomic mass is 9.88. The standard InChI is InChI=1S/C11H10O2/c12-11-8-5-1-3-7-4-2-6-9(13-11)10(7)8/h1,3,5,9H,2,4,6H2. The van der Waals surface area contributed by atoms with Gasteiger partial charge in [0.05, 0.1) is 5.56 Å². The third-order valence-corrected chi connectivity index (χ3v) is 2.90. The van der Waals surface area contributed by atoms with Crippen LogP contribution < -0.4 is 0 Å². The second kappa shape index (κ2) is 2.34. The highest BCUT2D eigenvalue weighted by Crippen LogP contribution is 2.40. The van der Waals surface area contributed by atoms with E-state index in [1.165, 1.54) is 11.1 Å². The summed E-state index contributed by atoms with van der Waals surface area (Å²) in [6.45, 7) is 0. The highest BCUT2D eigenvalue weighted by molar-refractivity contribution is 5.94. The fourth-order valence-electron chi connectivity index (χ4n) is 2.32. The van der Waals surface area contributed by atoms with Gasteiger partial charge in [0.1, 0.15) is 6.10 Å². The van der Waals surface area contributed by atoms with Crippen LogP contribution in [0.15, 0.2) is 18.2 Å². The number of carbonyl (C=O) groups excluding carboxylic acids is 1. The van der Waals surface area contributed by atoms with Crippen molar-refractivity contribution in [1.82, 2.24) is 0 Å². The third kappa shape index (κ3) is 0.857. The quantitative estimate of drug-likeness (QED) is 0.564. The van der Waals surface area contributed by atoms with Gasteiger partial charge in [-0.25, -0.2) is 4.79 Å². The Labute approximate surface area is 76.5 Å². The smallest absolute Gasteiger partial charge is 0.339 e. The van der Waals surface area contributed by atoms with E-state index >= 15 is 0 Å². The molecule has 1 aliphatic carbocycles. The first-order valence-electron chi connectivity index (χ1n) is 4.69. The Morgan fingerprint density at radius 2 is 2.31 bits per heavy atom. The summed E-state index contributed by atoms with van der Waals surface area (Å²) >= 11 is 0. The molecule has 0 bridgehead atoms. The topological polar surface area (TPSA) is 26.3 Å². The lowest BCUT2D eigenvalue weighted by molar-refractivity contribution is 0.0354. The van der Waals surface area contributed by atoms with Crippen LogP contribution in [-0.2, 0) is 11.2 Å². The van der Waals surface area contributed by atoms with Gasteiger partial charge in [0.25, 0.3) is 0 Å². The molecule has 3 rings (SSSR count). The molecule has 66 valence electrons. The van der Waals surface area contributed by atoms with E-state index < -0.39 is 0 Å². The molecule has 2 heteroatoms. The molecule has 2 aliphatic rings. The molecule has 1 aromatic rings. The van der Waals surface area contributed by atoms with E-state index in [2.05, 4.69) is 6.07 Å². The zero-order chi connectivity index (χ0) is 8.84. The number of benzene rings is 1. The average Bonchev–Trinajstić information content (AvgIpc) is 2.47. The second-order valence-corrected chi connectivity index (χ2v) is 3.66. The number of esters is 1. The molecule has 0 N–H and O–H groups in total. The van der Waals surface area contributed by atoms with Crippen molar-refractivity contribution in [3.8, 4) is 0 Å². The van der Waals surface area contributed by atoms with Crippen LogP contribution in [0.1, 0.15) is 40.4 Å². The molecule has 1 unspecified atom stereocenters. The van der Waals surface area contributed by atoms with Crippen LogP contribution >= 0.6 is 0 Å². The first-order valence-corrected chi connectivity index (χ1v) is 4.69. The number of hydrogen-bond donors (Lipinski definition) is 0. The van der Waals surface area contributed by atoms with E-state index in [9.17, 15) is 4.79 Å². The molecule has 1 heterocycles. The largest absolute Gasteiger partial charge is 0.454 e. The predicted molar refractivity (Wildman–Crippen MR) is 47.5 cm³/mol. The van der Waals surface area contributed by atoms with Crippen molar-refractivity contribution in [3.63, 3.8) is 0 Å². The van der Waals surface area contributed by atoms with E-state index in [-0.39, 0.29) is 12.1 Å². The van der Waals surface area contributed by atoms with Crippen LogP contribution in [0.4, 0.5) is 0 Å². The zero-order valence-electron chi connectivity index (χ0n) is 7.25. The summed E-state index contributed by atoms with van der Waals surface area (Å²) in [5.74, 6) is -0.135. The molecular weight excluding hydrogens is 164 g/mol. The lowest BCUT2D eigenvalue weighted by Gasteiger charge is -2.19. The first kappa shape index (κ1) is 7.13. The minimum atomic E-state index is -0.135. The molecule has 0 saturated carbocycles. The summed E-state index contributed by atoms with van der Waals surface area (Å²) in [5, 5.41) is 0. The maximum atomic E-state index is 11.4. The van der Waals surface area contributed by atoms with Gasteiger partial charge in [-0.2, -0.15) is 0 Å². The molecule has 2 nitrogen and oxygen atoms in total. The van der Waals surface area contributed by atoms with Crippen LogP contribution in [0, 0.1) is 0 Å². The van der Waals surface area contributed by atoms with Crippen molar-refractivity contribution >= 4 is 5.97 Å². The van der Waals surface area contributed by atoms with Gasteiger partial charge in [-0.15, -0.1) is 0 Å². The Balaban J connectivity index is 2.28. The summed E-state index contributed by atoms with van der Waals surface area (Å²) in [6.07, 6.45) is 3.29. The maximum Gasteiger partial charge on any atom is 0.339 e. The van der Waals surface area contributed by atoms with E-state index in [1.807, 2.05) is 12.1 Å². The van der Waals surface area contributed by atoms with E-state index in [4.69, 9.17) is 4.74 Å². The van der Waals surface area contributed by atoms with Crippen LogP contribution in [0.5, 0.6) is 0 Å². The van der Waals surface area contributed by atoms with E-state index in [1.54, 1.807) is 0 Å². The molecular formula is C11H10O2. The van der Waals surface area contributed by atoms with Crippen LogP contribution in [-0.4, -0.2) is 5.97 Å². The van der Waals surface area contributed by atoms with Gasteiger partial charge in [-0.3, -0.25) is 0 Å². The van der Waals surface area contributed by atoms with Crippen molar-refractivity contribution in [1.29, 1.82) is 0 Å². The SMILES string of the molecule is O=C1OC2CCCc3cccc1c32. The normalized spacial score (nSPS) is 24.0. The summed E-state index contributed by atoms with van der Waals surface area (Å²) in [5.41, 5.74) is 3.26. The molecule has 1 atom stereocenters. The van der Waals surface area contributed by atoms with Gasteiger partial charge in [0, 0.05) is 5.56 Å². The number of ether oxygens (including phenoxy) is 1. The van der Waals surface area contributed by atoms with Crippen LogP contribution in [0.25, 0.3) is 0 Å². The first-order chi connectivity index (χ1) is 6.36. The molecule has 0 aromatic heterocycles. The zero-order valence-corrected chi connectivity index (χ0v) is 7.25. The fourth-order valence-corrected chi connectivity index (χ4v) is 2.32. The van der Waals surface area contributed by atoms with Crippen molar-refractivity contribution in [2.75, 3.05) is 0 Å². The molecule has 13 heavy (non-hydrogen) atoms. The molecule has 0 saturated heterocycles. The minimum absolute atomic E-state index is 0.0625. The van der Waals surface area contributed by atoms with Gasteiger partial charge in [-0.1, -0.05) is 12.1 Å². The monoisotopic (exact) mass is 174 g/mol. The second-order valence-electron chi connectivity index (χ2n) is 3.66. The minimum Gasteiger partial charge on any atom is -0.454 e. The number of carbonyl (C=O) groups is 1. The Hall–Kier alpha value is -1.31. The predicted octanol–water partition coefficient (Wildman–Crippen LogP) is 2.23. The van der Waals surface area contributed by atoms with Gasteiger partial charge < -0.3 is 4.74 Å². The van der Waals surface area contributed by atoms with Crippen molar-refractivity contribution in [2.45, 2.75) is 25.4 Å². The fraction of sp³-hybridized carbons (Fsp3) is 0.364. The van der Waals surface area contributed by atoms with Crippen molar-refractivity contribution < 1.29 is 9.53 Å². The Bertz CT molecular complexity index is 382. The van der Waals surface area contributed by atoms with Gasteiger partial charge in [0.15, 0.2) is 0 Å². The molecule has 0 amide bonds. The number of aryl methyl sites for hydroxylation is 1. The van der Waals surface area contributed by atoms with Crippen LogP contribution in [0.3, 0.4) is 0 Å². The summed E-state index contributed by atoms with van der Waals surface area (Å²) in [7, 11) is 0. The number of hydrogen-bond acceptors (Lipinski definition) is 2. The van der Waals surface area contributed by atoms with Crippen molar-refractivity contribution in [2.24, 2.45) is 0 Å². The van der Waals surface area contributed by atoms with E-state index in [0.29, 0.717) is 0 Å². The Morgan fingerprint density at radius 1 is 1.38 bits per heavy atom. The number of rotatable bonds is 0. The Kier molecular flexibility index (Phi) is 1.29. The van der Waals surface area contributed by atoms with E-state index in [0.717, 1.165) is 24.8 Å². The van der Waals surface area contributed by atoms with Crippen molar-refractivity contribution in [3.05, 3.63) is 34.9 Å². The molecule has 1 aliphatic heterocycles. The summed E-state index contributed by atoms with van der Waals surface area (Å²) in [4.78, 5) is 11.4. The van der Waals surface area contributed by atoms with Gasteiger partial charge in [-0.05, 0) is 30.9 Å². The van der Waals surface area contributed by atoms with Crippen LogP contribution in [0.2, 0.25) is 0 Å². The highest BCUT2D eigenvalue weighted by atomic mass is 16.5. The average molecular weight is 174 g/mol. The third-order valence-electron chi connectivity index (χ3n) is 2.90. The maximum absolute atomic E-state index is 11.4. The Morgan fingerprint density at radius 3 is 3.23 bits per heavy atom.